The van der Waals surface area contributed by atoms with Gasteiger partial charge in [0, 0.05) is 26.2 Å². The second kappa shape index (κ2) is 6.98. The van der Waals surface area contributed by atoms with E-state index in [1.807, 2.05) is 25.7 Å². The quantitative estimate of drug-likeness (QED) is 0.840. The molecule has 106 valence electrons. The number of hydrogen-bond acceptors (Lipinski definition) is 2. The molecule has 1 fully saturated rings. The van der Waals surface area contributed by atoms with Crippen LogP contribution in [0.25, 0.3) is 0 Å². The van der Waals surface area contributed by atoms with Gasteiger partial charge in [0.15, 0.2) is 0 Å². The monoisotopic (exact) mass is 256 g/mol. The van der Waals surface area contributed by atoms with Crippen LogP contribution in [-0.4, -0.2) is 42.8 Å². The van der Waals surface area contributed by atoms with E-state index < -0.39 is 0 Å². The van der Waals surface area contributed by atoms with Crippen LogP contribution < -0.4 is 5.32 Å². The maximum absolute atomic E-state index is 12.1. The number of rotatable bonds is 4. The average molecular weight is 256 g/mol. The Labute approximate surface area is 111 Å². The second-order valence-electron chi connectivity index (χ2n) is 5.92. The first-order valence-electron chi connectivity index (χ1n) is 7.05. The Balaban J connectivity index is 2.38. The number of likely N-dealkylation sites (tertiary alicyclic amines) is 1. The summed E-state index contributed by atoms with van der Waals surface area (Å²) in [7, 11) is 1.71. The van der Waals surface area contributed by atoms with Crippen molar-refractivity contribution in [3.05, 3.63) is 0 Å². The third kappa shape index (κ3) is 5.25. The van der Waals surface area contributed by atoms with Crippen LogP contribution in [-0.2, 0) is 4.74 Å². The minimum atomic E-state index is -0.189. The van der Waals surface area contributed by atoms with Gasteiger partial charge >= 0.3 is 6.03 Å². The average Bonchev–Trinajstić information content (AvgIpc) is 2.56. The molecule has 0 saturated carbocycles. The fourth-order valence-electron chi connectivity index (χ4n) is 2.45. The highest BCUT2D eigenvalue weighted by molar-refractivity contribution is 5.74. The molecule has 0 unspecified atom stereocenters. The molecule has 0 bridgehead atoms. The number of carbonyl (C=O) groups is 1. The molecular formula is C14H28N2O2. The van der Waals surface area contributed by atoms with E-state index in [2.05, 4.69) is 5.32 Å². The van der Waals surface area contributed by atoms with Gasteiger partial charge in [0.2, 0.25) is 0 Å². The van der Waals surface area contributed by atoms with Crippen molar-refractivity contribution in [3.63, 3.8) is 0 Å². The second-order valence-corrected chi connectivity index (χ2v) is 5.92. The van der Waals surface area contributed by atoms with Crippen LogP contribution in [0.2, 0.25) is 0 Å². The molecule has 2 amide bonds. The van der Waals surface area contributed by atoms with Crippen LogP contribution in [0.15, 0.2) is 0 Å². The summed E-state index contributed by atoms with van der Waals surface area (Å²) in [6, 6.07) is 0.215. The van der Waals surface area contributed by atoms with Crippen molar-refractivity contribution < 1.29 is 9.53 Å². The topological polar surface area (TPSA) is 41.6 Å². The van der Waals surface area contributed by atoms with E-state index in [9.17, 15) is 4.79 Å². The summed E-state index contributed by atoms with van der Waals surface area (Å²) in [5, 5.41) is 3.07. The van der Waals surface area contributed by atoms with E-state index in [-0.39, 0.29) is 17.7 Å². The minimum Gasteiger partial charge on any atom is -0.379 e. The number of nitrogens with one attached hydrogen (secondary N) is 1. The smallest absolute Gasteiger partial charge is 0.317 e. The highest BCUT2D eigenvalue weighted by Crippen LogP contribution is 2.16. The van der Waals surface area contributed by atoms with Crippen molar-refractivity contribution in [1.29, 1.82) is 0 Å². The maximum Gasteiger partial charge on any atom is 0.317 e. The van der Waals surface area contributed by atoms with Gasteiger partial charge in [-0.2, -0.15) is 0 Å². The zero-order chi connectivity index (χ0) is 13.6. The number of ether oxygens (including phenoxy) is 1. The summed E-state index contributed by atoms with van der Waals surface area (Å²) in [6.07, 6.45) is 5.58. The summed E-state index contributed by atoms with van der Waals surface area (Å²) in [5.41, 5.74) is -0.189. The van der Waals surface area contributed by atoms with E-state index in [1.54, 1.807) is 7.11 Å². The molecule has 0 spiro atoms. The van der Waals surface area contributed by atoms with Gasteiger partial charge in [-0.05, 0) is 40.0 Å². The van der Waals surface area contributed by atoms with Gasteiger partial charge in [-0.3, -0.25) is 0 Å². The van der Waals surface area contributed by atoms with Crippen LogP contribution in [0.1, 0.15) is 52.9 Å². The molecule has 1 heterocycles. The molecule has 1 saturated heterocycles. The first-order valence-corrected chi connectivity index (χ1v) is 7.05. The summed E-state index contributed by atoms with van der Waals surface area (Å²) in [6.45, 7) is 7.91. The van der Waals surface area contributed by atoms with Gasteiger partial charge in [0.25, 0.3) is 0 Å². The number of carbonyl (C=O) groups excluding carboxylic acids is 1. The van der Waals surface area contributed by atoms with E-state index in [1.165, 1.54) is 12.8 Å². The number of urea groups is 1. The lowest BCUT2D eigenvalue weighted by Crippen LogP contribution is -2.46. The number of methoxy groups -OCH3 is 1. The molecule has 0 aromatic rings. The van der Waals surface area contributed by atoms with Crippen LogP contribution in [0, 0.1) is 0 Å². The standard InChI is InChI=1S/C14H28N2O2/c1-12(11-14(2,3)18-4)15-13(17)16-9-7-5-6-8-10-16/h12H,5-11H2,1-4H3,(H,15,17)/t12-/m1/s1. The van der Waals surface area contributed by atoms with Crippen LogP contribution >= 0.6 is 0 Å². The van der Waals surface area contributed by atoms with Crippen molar-refractivity contribution in [2.24, 2.45) is 0 Å². The highest BCUT2D eigenvalue weighted by atomic mass is 16.5. The zero-order valence-electron chi connectivity index (χ0n) is 12.3. The summed E-state index contributed by atoms with van der Waals surface area (Å²) >= 11 is 0. The van der Waals surface area contributed by atoms with Gasteiger partial charge in [-0.15, -0.1) is 0 Å². The molecule has 18 heavy (non-hydrogen) atoms. The summed E-state index contributed by atoms with van der Waals surface area (Å²) in [4.78, 5) is 14.1. The van der Waals surface area contributed by atoms with Crippen LogP contribution in [0.3, 0.4) is 0 Å². The molecule has 4 heteroatoms. The first kappa shape index (κ1) is 15.3. The predicted molar refractivity (Wildman–Crippen MR) is 73.7 cm³/mol. The largest absolute Gasteiger partial charge is 0.379 e. The Hall–Kier alpha value is -0.770. The number of amides is 2. The zero-order valence-corrected chi connectivity index (χ0v) is 12.3. The third-order valence-electron chi connectivity index (χ3n) is 3.61. The van der Waals surface area contributed by atoms with Gasteiger partial charge in [0.1, 0.15) is 0 Å². The Morgan fingerprint density at radius 3 is 2.33 bits per heavy atom. The molecule has 0 aromatic heterocycles. The van der Waals surface area contributed by atoms with Crippen LogP contribution in [0.5, 0.6) is 0 Å². The molecule has 1 rings (SSSR count). The van der Waals surface area contributed by atoms with Crippen molar-refractivity contribution >= 4 is 6.03 Å². The van der Waals surface area contributed by atoms with Gasteiger partial charge in [-0.25, -0.2) is 4.79 Å². The van der Waals surface area contributed by atoms with Gasteiger partial charge in [0.05, 0.1) is 5.60 Å². The molecule has 4 nitrogen and oxygen atoms in total. The fourth-order valence-corrected chi connectivity index (χ4v) is 2.45. The summed E-state index contributed by atoms with van der Waals surface area (Å²) in [5.74, 6) is 0. The lowest BCUT2D eigenvalue weighted by Gasteiger charge is -2.29. The Morgan fingerprint density at radius 1 is 1.28 bits per heavy atom. The Morgan fingerprint density at radius 2 is 1.83 bits per heavy atom. The molecule has 1 aliphatic rings. The molecule has 0 radical (unpaired) electrons. The molecule has 1 N–H and O–H groups in total. The van der Waals surface area contributed by atoms with Crippen molar-refractivity contribution in [2.45, 2.75) is 64.5 Å². The van der Waals surface area contributed by atoms with E-state index >= 15 is 0 Å². The Bertz CT molecular complexity index is 259. The predicted octanol–water partition coefficient (Wildman–Crippen LogP) is 2.78. The lowest BCUT2D eigenvalue weighted by molar-refractivity contribution is 0.00915. The van der Waals surface area contributed by atoms with E-state index in [0.717, 1.165) is 32.4 Å². The maximum atomic E-state index is 12.1. The highest BCUT2D eigenvalue weighted by Gasteiger charge is 2.23. The molecule has 1 atom stereocenters. The fraction of sp³-hybridized carbons (Fsp3) is 0.929. The first-order chi connectivity index (χ1) is 8.44. The van der Waals surface area contributed by atoms with Crippen molar-refractivity contribution in [1.82, 2.24) is 10.2 Å². The van der Waals surface area contributed by atoms with Crippen LogP contribution in [0.4, 0.5) is 4.79 Å². The van der Waals surface area contributed by atoms with Gasteiger partial charge < -0.3 is 15.0 Å². The Kier molecular flexibility index (Phi) is 5.93. The lowest BCUT2D eigenvalue weighted by atomic mass is 10.00. The van der Waals surface area contributed by atoms with Crippen molar-refractivity contribution in [2.75, 3.05) is 20.2 Å². The minimum absolute atomic E-state index is 0.0799. The van der Waals surface area contributed by atoms with E-state index in [4.69, 9.17) is 4.74 Å². The molecule has 1 aliphatic heterocycles. The molecule has 0 aromatic carbocycles. The normalized spacial score (nSPS) is 19.2. The van der Waals surface area contributed by atoms with E-state index in [0.29, 0.717) is 0 Å². The third-order valence-corrected chi connectivity index (χ3v) is 3.61. The van der Waals surface area contributed by atoms with Crippen molar-refractivity contribution in [3.8, 4) is 0 Å². The van der Waals surface area contributed by atoms with Gasteiger partial charge in [-0.1, -0.05) is 12.8 Å². The SMILES string of the molecule is COC(C)(C)C[C@@H](C)NC(=O)N1CCCCCC1. The molecular weight excluding hydrogens is 228 g/mol. The number of nitrogens with zero attached hydrogens (tertiary/aromatic N) is 1. The molecule has 0 aliphatic carbocycles. The number of hydrogen-bond donors (Lipinski definition) is 1. The summed E-state index contributed by atoms with van der Waals surface area (Å²) < 4.78 is 5.39.